The molecule has 1 fully saturated rings. The van der Waals surface area contributed by atoms with E-state index in [2.05, 4.69) is 15.1 Å². The number of rotatable bonds is 4. The molecule has 1 aliphatic heterocycles. The van der Waals surface area contributed by atoms with Gasteiger partial charge in [-0.15, -0.1) is 0 Å². The number of nitrogens with one attached hydrogen (secondary N) is 2. The fraction of sp³-hybridized carbons (Fsp3) is 0.700. The van der Waals surface area contributed by atoms with Crippen molar-refractivity contribution < 1.29 is 8.42 Å². The highest BCUT2D eigenvalue weighted by Crippen LogP contribution is 2.12. The van der Waals surface area contributed by atoms with Crippen LogP contribution in [0, 0.1) is 0 Å². The molecule has 7 heteroatoms. The molecule has 0 aromatic carbocycles. The number of piperidine rings is 1. The molecule has 2 heterocycles. The van der Waals surface area contributed by atoms with Crippen LogP contribution in [0.5, 0.6) is 0 Å². The molecule has 96 valence electrons. The largest absolute Gasteiger partial charge is 0.317 e. The van der Waals surface area contributed by atoms with Crippen molar-refractivity contribution in [3.8, 4) is 0 Å². The Hall–Kier alpha value is -0.920. The minimum absolute atomic E-state index is 0.271. The predicted octanol–water partition coefficient (Wildman–Crippen LogP) is -0.408. The van der Waals surface area contributed by atoms with Crippen LogP contribution >= 0.6 is 0 Å². The van der Waals surface area contributed by atoms with E-state index >= 15 is 0 Å². The second-order valence-electron chi connectivity index (χ2n) is 4.30. The van der Waals surface area contributed by atoms with Crippen LogP contribution in [0.1, 0.15) is 18.5 Å². The molecule has 17 heavy (non-hydrogen) atoms. The summed E-state index contributed by atoms with van der Waals surface area (Å²) >= 11 is 0. The van der Waals surface area contributed by atoms with Crippen LogP contribution < -0.4 is 10.0 Å². The average molecular weight is 258 g/mol. The SMILES string of the molecule is Cn1ccc(CNS(=O)(=O)C2CCNCC2)n1. The summed E-state index contributed by atoms with van der Waals surface area (Å²) < 4.78 is 28.3. The Labute approximate surface area is 101 Å². The maximum Gasteiger partial charge on any atom is 0.214 e. The third-order valence-electron chi connectivity index (χ3n) is 2.95. The highest BCUT2D eigenvalue weighted by molar-refractivity contribution is 7.90. The Morgan fingerprint density at radius 1 is 1.53 bits per heavy atom. The molecule has 2 rings (SSSR count). The van der Waals surface area contributed by atoms with Gasteiger partial charge in [-0.3, -0.25) is 4.68 Å². The predicted molar refractivity (Wildman–Crippen MR) is 64.9 cm³/mol. The normalized spacial score (nSPS) is 18.4. The second-order valence-corrected chi connectivity index (χ2v) is 6.34. The second kappa shape index (κ2) is 5.16. The van der Waals surface area contributed by atoms with E-state index in [9.17, 15) is 8.42 Å². The van der Waals surface area contributed by atoms with E-state index in [0.29, 0.717) is 12.8 Å². The van der Waals surface area contributed by atoms with Crippen molar-refractivity contribution in [3.63, 3.8) is 0 Å². The van der Waals surface area contributed by atoms with E-state index in [4.69, 9.17) is 0 Å². The minimum atomic E-state index is -3.21. The van der Waals surface area contributed by atoms with Gasteiger partial charge in [0, 0.05) is 13.2 Å². The third-order valence-corrected chi connectivity index (χ3v) is 4.84. The number of hydrogen-bond donors (Lipinski definition) is 2. The molecule has 6 nitrogen and oxygen atoms in total. The van der Waals surface area contributed by atoms with Gasteiger partial charge in [-0.25, -0.2) is 13.1 Å². The Bertz CT molecular complexity index is 462. The van der Waals surface area contributed by atoms with Crippen molar-refractivity contribution in [3.05, 3.63) is 18.0 Å². The van der Waals surface area contributed by atoms with Crippen LogP contribution in [0.4, 0.5) is 0 Å². The van der Waals surface area contributed by atoms with E-state index < -0.39 is 10.0 Å². The third kappa shape index (κ3) is 3.27. The summed E-state index contributed by atoms with van der Waals surface area (Å²) in [6, 6.07) is 1.81. The zero-order chi connectivity index (χ0) is 12.3. The molecule has 0 atom stereocenters. The molecule has 0 spiro atoms. The molecule has 0 saturated carbocycles. The zero-order valence-electron chi connectivity index (χ0n) is 9.89. The number of nitrogens with zero attached hydrogens (tertiary/aromatic N) is 2. The molecule has 0 amide bonds. The lowest BCUT2D eigenvalue weighted by Crippen LogP contribution is -2.41. The van der Waals surface area contributed by atoms with Gasteiger partial charge in [-0.05, 0) is 32.0 Å². The Kier molecular flexibility index (Phi) is 3.80. The first-order valence-corrected chi connectivity index (χ1v) is 7.30. The summed E-state index contributed by atoms with van der Waals surface area (Å²) in [6.07, 6.45) is 3.16. The summed E-state index contributed by atoms with van der Waals surface area (Å²) in [6.45, 7) is 1.82. The van der Waals surface area contributed by atoms with Crippen LogP contribution in [0.2, 0.25) is 0 Å². The van der Waals surface area contributed by atoms with Gasteiger partial charge < -0.3 is 5.32 Å². The van der Waals surface area contributed by atoms with Gasteiger partial charge in [0.15, 0.2) is 0 Å². The van der Waals surface area contributed by atoms with Gasteiger partial charge in [-0.1, -0.05) is 0 Å². The van der Waals surface area contributed by atoms with Crippen molar-refractivity contribution in [1.82, 2.24) is 19.8 Å². The molecule has 1 aromatic rings. The van der Waals surface area contributed by atoms with Gasteiger partial charge in [0.05, 0.1) is 17.5 Å². The molecule has 1 saturated heterocycles. The molecular weight excluding hydrogens is 240 g/mol. The van der Waals surface area contributed by atoms with E-state index in [0.717, 1.165) is 18.8 Å². The molecule has 2 N–H and O–H groups in total. The first kappa shape index (κ1) is 12.5. The van der Waals surface area contributed by atoms with E-state index in [1.807, 2.05) is 13.1 Å². The molecule has 1 aliphatic rings. The highest BCUT2D eigenvalue weighted by atomic mass is 32.2. The maximum absolute atomic E-state index is 12.0. The summed E-state index contributed by atoms with van der Waals surface area (Å²) in [4.78, 5) is 0. The smallest absolute Gasteiger partial charge is 0.214 e. The van der Waals surface area contributed by atoms with Crippen LogP contribution in [-0.2, 0) is 23.6 Å². The van der Waals surface area contributed by atoms with Gasteiger partial charge in [0.2, 0.25) is 10.0 Å². The molecular formula is C10H18N4O2S. The fourth-order valence-electron chi connectivity index (χ4n) is 1.96. The standard InChI is InChI=1S/C10H18N4O2S/c1-14-7-4-9(13-14)8-12-17(15,16)10-2-5-11-6-3-10/h4,7,10-12H,2-3,5-6,8H2,1H3. The first-order valence-electron chi connectivity index (χ1n) is 5.75. The number of aryl methyl sites for hydroxylation is 1. The molecule has 0 unspecified atom stereocenters. The van der Waals surface area contributed by atoms with Crippen molar-refractivity contribution in [2.45, 2.75) is 24.6 Å². The quantitative estimate of drug-likeness (QED) is 0.770. The summed E-state index contributed by atoms with van der Waals surface area (Å²) in [7, 11) is -1.40. The van der Waals surface area contributed by atoms with Crippen molar-refractivity contribution in [1.29, 1.82) is 0 Å². The Morgan fingerprint density at radius 2 is 2.24 bits per heavy atom. The lowest BCUT2D eigenvalue weighted by molar-refractivity contribution is 0.489. The lowest BCUT2D eigenvalue weighted by Gasteiger charge is -2.22. The number of hydrogen-bond acceptors (Lipinski definition) is 4. The van der Waals surface area contributed by atoms with E-state index in [-0.39, 0.29) is 11.8 Å². The van der Waals surface area contributed by atoms with Crippen LogP contribution in [0.15, 0.2) is 12.3 Å². The van der Waals surface area contributed by atoms with E-state index in [1.54, 1.807) is 10.9 Å². The van der Waals surface area contributed by atoms with Gasteiger partial charge in [0.25, 0.3) is 0 Å². The molecule has 1 aromatic heterocycles. The number of sulfonamides is 1. The zero-order valence-corrected chi connectivity index (χ0v) is 10.7. The molecule has 0 bridgehead atoms. The summed E-state index contributed by atoms with van der Waals surface area (Å²) in [5.41, 5.74) is 0.741. The average Bonchev–Trinajstić information content (AvgIpc) is 2.74. The Balaban J connectivity index is 1.92. The molecule has 0 aliphatic carbocycles. The van der Waals surface area contributed by atoms with Crippen molar-refractivity contribution >= 4 is 10.0 Å². The van der Waals surface area contributed by atoms with Crippen LogP contribution in [0.3, 0.4) is 0 Å². The van der Waals surface area contributed by atoms with Gasteiger partial charge >= 0.3 is 0 Å². The van der Waals surface area contributed by atoms with Gasteiger partial charge in [0.1, 0.15) is 0 Å². The topological polar surface area (TPSA) is 76.0 Å². The number of aromatic nitrogens is 2. The fourth-order valence-corrected chi connectivity index (χ4v) is 3.40. The van der Waals surface area contributed by atoms with Crippen molar-refractivity contribution in [2.24, 2.45) is 7.05 Å². The monoisotopic (exact) mass is 258 g/mol. The first-order chi connectivity index (χ1) is 8.08. The summed E-state index contributed by atoms with van der Waals surface area (Å²) in [5, 5.41) is 7.02. The van der Waals surface area contributed by atoms with Crippen LogP contribution in [0.25, 0.3) is 0 Å². The minimum Gasteiger partial charge on any atom is -0.317 e. The summed E-state index contributed by atoms with van der Waals surface area (Å²) in [5.74, 6) is 0. The van der Waals surface area contributed by atoms with Crippen molar-refractivity contribution in [2.75, 3.05) is 13.1 Å². The van der Waals surface area contributed by atoms with Gasteiger partial charge in [-0.2, -0.15) is 5.10 Å². The highest BCUT2D eigenvalue weighted by Gasteiger charge is 2.26. The van der Waals surface area contributed by atoms with Crippen LogP contribution in [-0.4, -0.2) is 36.5 Å². The Morgan fingerprint density at radius 3 is 2.82 bits per heavy atom. The lowest BCUT2D eigenvalue weighted by atomic mass is 10.2. The molecule has 0 radical (unpaired) electrons. The maximum atomic E-state index is 12.0. The van der Waals surface area contributed by atoms with E-state index in [1.165, 1.54) is 0 Å².